The molecule has 0 N–H and O–H groups in total. The summed E-state index contributed by atoms with van der Waals surface area (Å²) in [5, 5.41) is 0. The minimum atomic E-state index is -0.0137. The number of rotatable bonds is 7. The van der Waals surface area contributed by atoms with E-state index in [1.165, 1.54) is 24.0 Å². The van der Waals surface area contributed by atoms with Crippen molar-refractivity contribution in [3.63, 3.8) is 0 Å². The minimum Gasteiger partial charge on any atom is -0.376 e. The summed E-state index contributed by atoms with van der Waals surface area (Å²) in [4.78, 5) is 0. The van der Waals surface area contributed by atoms with Gasteiger partial charge in [0.2, 0.25) is 0 Å². The van der Waals surface area contributed by atoms with Gasteiger partial charge in [-0.3, -0.25) is 0 Å². The molecule has 0 aliphatic heterocycles. The molecule has 0 radical (unpaired) electrons. The van der Waals surface area contributed by atoms with Crippen molar-refractivity contribution < 1.29 is 9.47 Å². The molecule has 1 aliphatic carbocycles. The van der Waals surface area contributed by atoms with Crippen LogP contribution in [0.1, 0.15) is 30.1 Å². The Hall–Kier alpha value is -1.64. The quantitative estimate of drug-likeness (QED) is 0.707. The molecule has 104 valence electrons. The van der Waals surface area contributed by atoms with Gasteiger partial charge < -0.3 is 9.47 Å². The summed E-state index contributed by atoms with van der Waals surface area (Å²) in [5.41, 5.74) is 2.37. The maximum Gasteiger partial charge on any atom is 0.108 e. The monoisotopic (exact) mass is 268 g/mol. The average Bonchev–Trinajstić information content (AvgIpc) is 3.33. The van der Waals surface area contributed by atoms with Crippen molar-refractivity contribution in [3.05, 3.63) is 71.8 Å². The predicted molar refractivity (Wildman–Crippen MR) is 79.7 cm³/mol. The van der Waals surface area contributed by atoms with Gasteiger partial charge >= 0.3 is 0 Å². The zero-order valence-corrected chi connectivity index (χ0v) is 11.6. The van der Waals surface area contributed by atoms with Crippen LogP contribution in [0.2, 0.25) is 0 Å². The number of hydrogen-bond acceptors (Lipinski definition) is 2. The summed E-state index contributed by atoms with van der Waals surface area (Å²) in [6.45, 7) is 1.31. The Morgan fingerprint density at radius 2 is 1.35 bits per heavy atom. The Morgan fingerprint density at radius 3 is 1.85 bits per heavy atom. The summed E-state index contributed by atoms with van der Waals surface area (Å²) in [5.74, 6) is 0. The molecule has 1 fully saturated rings. The topological polar surface area (TPSA) is 18.5 Å². The van der Waals surface area contributed by atoms with E-state index in [0.717, 1.165) is 0 Å². The first-order valence-corrected chi connectivity index (χ1v) is 7.26. The molecule has 20 heavy (non-hydrogen) atoms. The second kappa shape index (κ2) is 6.69. The van der Waals surface area contributed by atoms with Gasteiger partial charge in [0.1, 0.15) is 6.10 Å². The van der Waals surface area contributed by atoms with Crippen molar-refractivity contribution in [2.45, 2.75) is 25.0 Å². The van der Waals surface area contributed by atoms with Crippen LogP contribution in [0.5, 0.6) is 0 Å². The Bertz CT molecular complexity index is 466. The SMILES string of the molecule is c1ccc(C(OCCOC2CC2)c2ccccc2)cc1. The molecule has 0 amide bonds. The number of hydrogen-bond donors (Lipinski definition) is 0. The zero-order valence-electron chi connectivity index (χ0n) is 11.6. The van der Waals surface area contributed by atoms with Crippen molar-refractivity contribution in [1.29, 1.82) is 0 Å². The van der Waals surface area contributed by atoms with Crippen LogP contribution in [0.25, 0.3) is 0 Å². The van der Waals surface area contributed by atoms with Crippen LogP contribution in [-0.4, -0.2) is 19.3 Å². The lowest BCUT2D eigenvalue weighted by Gasteiger charge is -2.19. The van der Waals surface area contributed by atoms with Gasteiger partial charge in [-0.15, -0.1) is 0 Å². The summed E-state index contributed by atoms with van der Waals surface area (Å²) in [6.07, 6.45) is 2.90. The van der Waals surface area contributed by atoms with Gasteiger partial charge in [0.15, 0.2) is 0 Å². The molecule has 0 unspecified atom stereocenters. The maximum absolute atomic E-state index is 6.07. The first kappa shape index (κ1) is 13.3. The minimum absolute atomic E-state index is 0.0137. The Labute approximate surface area is 120 Å². The van der Waals surface area contributed by atoms with Gasteiger partial charge in [-0.25, -0.2) is 0 Å². The van der Waals surface area contributed by atoms with Crippen molar-refractivity contribution in [2.75, 3.05) is 13.2 Å². The summed E-state index contributed by atoms with van der Waals surface area (Å²) in [6, 6.07) is 20.7. The number of ether oxygens (including phenoxy) is 2. The van der Waals surface area contributed by atoms with Gasteiger partial charge in [-0.05, 0) is 24.0 Å². The average molecular weight is 268 g/mol. The van der Waals surface area contributed by atoms with Gasteiger partial charge in [-0.1, -0.05) is 60.7 Å². The van der Waals surface area contributed by atoms with Crippen molar-refractivity contribution in [2.24, 2.45) is 0 Å². The van der Waals surface area contributed by atoms with Crippen LogP contribution in [0.15, 0.2) is 60.7 Å². The third-order valence-corrected chi connectivity index (χ3v) is 3.45. The second-order valence-electron chi connectivity index (χ2n) is 5.14. The van der Waals surface area contributed by atoms with Crippen molar-refractivity contribution >= 4 is 0 Å². The van der Waals surface area contributed by atoms with E-state index in [1.807, 2.05) is 12.1 Å². The first-order valence-electron chi connectivity index (χ1n) is 7.26. The Morgan fingerprint density at radius 1 is 0.800 bits per heavy atom. The smallest absolute Gasteiger partial charge is 0.108 e. The fourth-order valence-corrected chi connectivity index (χ4v) is 2.26. The van der Waals surface area contributed by atoms with E-state index in [2.05, 4.69) is 48.5 Å². The van der Waals surface area contributed by atoms with Gasteiger partial charge in [-0.2, -0.15) is 0 Å². The van der Waals surface area contributed by atoms with Crippen molar-refractivity contribution in [3.8, 4) is 0 Å². The fraction of sp³-hybridized carbons (Fsp3) is 0.333. The highest BCUT2D eigenvalue weighted by atomic mass is 16.5. The molecule has 0 bridgehead atoms. The van der Waals surface area contributed by atoms with Crippen LogP contribution < -0.4 is 0 Å². The molecule has 0 heterocycles. The van der Waals surface area contributed by atoms with Crippen LogP contribution in [0, 0.1) is 0 Å². The summed E-state index contributed by atoms with van der Waals surface area (Å²) in [7, 11) is 0. The van der Waals surface area contributed by atoms with E-state index >= 15 is 0 Å². The van der Waals surface area contributed by atoms with Gasteiger partial charge in [0, 0.05) is 0 Å². The lowest BCUT2D eigenvalue weighted by Crippen LogP contribution is -2.11. The fourth-order valence-electron chi connectivity index (χ4n) is 2.26. The summed E-state index contributed by atoms with van der Waals surface area (Å²) >= 11 is 0. The van der Waals surface area contributed by atoms with Crippen LogP contribution in [-0.2, 0) is 9.47 Å². The van der Waals surface area contributed by atoms with E-state index in [0.29, 0.717) is 19.3 Å². The third-order valence-electron chi connectivity index (χ3n) is 3.45. The van der Waals surface area contributed by atoms with E-state index in [9.17, 15) is 0 Å². The Kier molecular flexibility index (Phi) is 4.46. The molecule has 3 rings (SSSR count). The molecular weight excluding hydrogens is 248 g/mol. The van der Waals surface area contributed by atoms with Crippen LogP contribution in [0.3, 0.4) is 0 Å². The standard InChI is InChI=1S/C18H20O2/c1-3-7-15(8-4-1)18(16-9-5-2-6-10-16)20-14-13-19-17-11-12-17/h1-10,17-18H,11-14H2. The van der Waals surface area contributed by atoms with Crippen LogP contribution in [0.4, 0.5) is 0 Å². The molecule has 0 atom stereocenters. The molecule has 2 nitrogen and oxygen atoms in total. The predicted octanol–water partition coefficient (Wildman–Crippen LogP) is 3.97. The maximum atomic E-state index is 6.07. The summed E-state index contributed by atoms with van der Waals surface area (Å²) < 4.78 is 11.7. The molecule has 1 saturated carbocycles. The van der Waals surface area contributed by atoms with Crippen molar-refractivity contribution in [1.82, 2.24) is 0 Å². The molecule has 2 heteroatoms. The lowest BCUT2D eigenvalue weighted by molar-refractivity contribution is 0.0143. The molecule has 0 saturated heterocycles. The Balaban J connectivity index is 1.66. The molecule has 2 aromatic rings. The van der Waals surface area contributed by atoms with E-state index in [-0.39, 0.29) is 6.10 Å². The highest BCUT2D eigenvalue weighted by Crippen LogP contribution is 2.26. The highest BCUT2D eigenvalue weighted by Gasteiger charge is 2.22. The van der Waals surface area contributed by atoms with E-state index in [4.69, 9.17) is 9.47 Å². The zero-order chi connectivity index (χ0) is 13.6. The normalized spacial score (nSPS) is 14.7. The highest BCUT2D eigenvalue weighted by molar-refractivity contribution is 5.29. The largest absolute Gasteiger partial charge is 0.376 e. The second-order valence-corrected chi connectivity index (χ2v) is 5.14. The van der Waals surface area contributed by atoms with E-state index < -0.39 is 0 Å². The van der Waals surface area contributed by atoms with Gasteiger partial charge in [0.25, 0.3) is 0 Å². The molecule has 2 aromatic carbocycles. The number of benzene rings is 2. The van der Waals surface area contributed by atoms with E-state index in [1.54, 1.807) is 0 Å². The third kappa shape index (κ3) is 3.69. The first-order chi connectivity index (χ1) is 9.93. The lowest BCUT2D eigenvalue weighted by atomic mass is 10.0. The van der Waals surface area contributed by atoms with Crippen LogP contribution >= 0.6 is 0 Å². The molecule has 1 aliphatic rings. The molecule has 0 spiro atoms. The molecular formula is C18H20O2. The molecule has 0 aromatic heterocycles. The van der Waals surface area contributed by atoms with Gasteiger partial charge in [0.05, 0.1) is 19.3 Å².